The number of allylic oxidation sites excluding steroid dienone is 1. The van der Waals surface area contributed by atoms with E-state index in [2.05, 4.69) is 31.6 Å². The van der Waals surface area contributed by atoms with Crippen LogP contribution < -0.4 is 38.1 Å². The summed E-state index contributed by atoms with van der Waals surface area (Å²) < 4.78 is 0. The summed E-state index contributed by atoms with van der Waals surface area (Å²) in [6.45, 7) is -0.0880. The molecule has 10 N–H and O–H groups in total. The highest BCUT2D eigenvalue weighted by atomic mass is 16.3. The number of rotatable bonds is 9. The van der Waals surface area contributed by atoms with Crippen LogP contribution in [-0.4, -0.2) is 101 Å². The van der Waals surface area contributed by atoms with Gasteiger partial charge in [0.2, 0.25) is 35.8 Å². The van der Waals surface area contributed by atoms with Crippen molar-refractivity contribution in [1.82, 2.24) is 31.5 Å². The lowest BCUT2D eigenvalue weighted by Gasteiger charge is -2.29. The summed E-state index contributed by atoms with van der Waals surface area (Å²) in [5, 5.41) is 22.5. The zero-order chi connectivity index (χ0) is 38.3. The molecule has 2 aliphatic heterocycles. The number of ketones is 1. The third-order valence-corrected chi connectivity index (χ3v) is 8.49. The zero-order valence-electron chi connectivity index (χ0n) is 28.8. The lowest BCUT2D eigenvalue weighted by molar-refractivity contribution is -0.143. The van der Waals surface area contributed by atoms with Crippen molar-refractivity contribution in [3.05, 3.63) is 83.6 Å². The van der Waals surface area contributed by atoms with Crippen molar-refractivity contribution in [1.29, 1.82) is 0 Å². The summed E-state index contributed by atoms with van der Waals surface area (Å²) in [6, 6.07) is 9.74. The molecule has 280 valence electrons. The minimum absolute atomic E-state index is 0.000868. The van der Waals surface area contributed by atoms with E-state index in [0.717, 1.165) is 6.08 Å². The average Bonchev–Trinajstić information content (AvgIpc) is 3.64. The van der Waals surface area contributed by atoms with Gasteiger partial charge in [-0.15, -0.1) is 0 Å². The minimum atomic E-state index is -1.38. The molecule has 2 aromatic carbocycles. The molecule has 17 heteroatoms. The Kier molecular flexibility index (Phi) is 14.2. The summed E-state index contributed by atoms with van der Waals surface area (Å²) in [4.78, 5) is 98.1. The quantitative estimate of drug-likeness (QED) is 0.0486. The van der Waals surface area contributed by atoms with Crippen LogP contribution in [0.1, 0.15) is 36.8 Å². The molecular weight excluding hydrogens is 686 g/mol. The summed E-state index contributed by atoms with van der Waals surface area (Å²) >= 11 is 0. The van der Waals surface area contributed by atoms with Crippen molar-refractivity contribution in [3.8, 4) is 5.75 Å². The Morgan fingerprint density at radius 3 is 2.38 bits per heavy atom. The third kappa shape index (κ3) is 11.8. The summed E-state index contributed by atoms with van der Waals surface area (Å²) in [7, 11) is 0. The summed E-state index contributed by atoms with van der Waals surface area (Å²) in [6.07, 6.45) is 4.95. The Morgan fingerprint density at radius 2 is 1.68 bits per heavy atom. The predicted octanol–water partition coefficient (Wildman–Crippen LogP) is -1.52. The van der Waals surface area contributed by atoms with Gasteiger partial charge in [0.15, 0.2) is 5.96 Å². The van der Waals surface area contributed by atoms with Crippen LogP contribution in [0.5, 0.6) is 5.75 Å². The molecule has 1 fully saturated rings. The molecule has 0 saturated carbocycles. The van der Waals surface area contributed by atoms with Gasteiger partial charge in [0.05, 0.1) is 6.04 Å². The molecule has 4 atom stereocenters. The fourth-order valence-corrected chi connectivity index (χ4v) is 5.82. The van der Waals surface area contributed by atoms with Gasteiger partial charge in [-0.25, -0.2) is 0 Å². The molecule has 0 spiro atoms. The highest BCUT2D eigenvalue weighted by Gasteiger charge is 2.39. The lowest BCUT2D eigenvalue weighted by Crippen LogP contribution is -2.58. The van der Waals surface area contributed by atoms with Crippen LogP contribution in [0.2, 0.25) is 0 Å². The van der Waals surface area contributed by atoms with Crippen LogP contribution in [-0.2, 0) is 40.0 Å². The number of amides is 6. The third-order valence-electron chi connectivity index (χ3n) is 8.49. The maximum atomic E-state index is 13.9. The van der Waals surface area contributed by atoms with Crippen molar-refractivity contribution < 1.29 is 38.7 Å². The summed E-state index contributed by atoms with van der Waals surface area (Å²) in [5.74, 6) is -5.15. The van der Waals surface area contributed by atoms with Gasteiger partial charge >= 0.3 is 0 Å². The monoisotopic (exact) mass is 729 g/mol. The van der Waals surface area contributed by atoms with Gasteiger partial charge in [0, 0.05) is 37.8 Å². The number of benzene rings is 2. The topological polar surface area (TPSA) is 268 Å². The molecule has 4 rings (SSSR count). The van der Waals surface area contributed by atoms with E-state index < -0.39 is 59.5 Å². The standard InChI is InChI=1S/C36H43N9O8/c37-36(38)39-16-4-8-26-31(49)34(52)44-27(19-22-6-2-1-3-7-22)32(50)42-24(18-23-10-13-25(47)14-11-23)12-15-30(48)40-20-28(41-21-46)35(53)45-17-5-9-29(45)33(51)43-26/h1-3,6-7,10-15,18,21,26-29,47H,4-5,8-9,16-17,19-20H2,(H,40,48)(H,41,46)(H,42,50)(H,43,51)(H,44,52)(H4,37,38,39)/b15-12+,24-18-/t26?,27-,28+,29+/m1/s1. The molecule has 0 radical (unpaired) electrons. The number of hydrogen-bond donors (Lipinski definition) is 8. The van der Waals surface area contributed by atoms with E-state index in [1.807, 2.05) is 0 Å². The van der Waals surface area contributed by atoms with Gasteiger partial charge in [-0.2, -0.15) is 0 Å². The SMILES string of the molecule is NC(N)=NCCCC1NC(=O)[C@@H]2CCCN2C(=O)[C@@H](NC=O)CNC(=O)/C=C/C(=C/c2ccc(O)cc2)NC(=O)[C@@H](Cc2ccccc2)NC(=O)C1=O. The number of phenolic OH excluding ortho intramolecular Hbond substituents is 1. The number of aliphatic imine (C=N–C) groups is 1. The Labute approximate surface area is 305 Å². The molecule has 53 heavy (non-hydrogen) atoms. The Morgan fingerprint density at radius 1 is 0.943 bits per heavy atom. The Balaban J connectivity index is 1.74. The number of carbonyl (C=O) groups excluding carboxylic acids is 7. The lowest BCUT2D eigenvalue weighted by atomic mass is 10.0. The molecule has 1 unspecified atom stereocenters. The molecule has 0 bridgehead atoms. The largest absolute Gasteiger partial charge is 0.508 e. The number of nitrogens with zero attached hydrogens (tertiary/aromatic N) is 2. The average molecular weight is 730 g/mol. The van der Waals surface area contributed by atoms with Crippen LogP contribution in [0.3, 0.4) is 0 Å². The summed E-state index contributed by atoms with van der Waals surface area (Å²) in [5.41, 5.74) is 12.1. The molecule has 0 aliphatic carbocycles. The van der Waals surface area contributed by atoms with E-state index >= 15 is 0 Å². The second kappa shape index (κ2) is 19.2. The van der Waals surface area contributed by atoms with Gasteiger partial charge in [-0.05, 0) is 61.1 Å². The molecule has 1 saturated heterocycles. The van der Waals surface area contributed by atoms with Crippen LogP contribution in [0, 0.1) is 0 Å². The van der Waals surface area contributed by atoms with Gasteiger partial charge in [-0.3, -0.25) is 38.6 Å². The number of phenols is 1. The van der Waals surface area contributed by atoms with Gasteiger partial charge in [-0.1, -0.05) is 42.5 Å². The van der Waals surface area contributed by atoms with E-state index in [9.17, 15) is 38.7 Å². The van der Waals surface area contributed by atoms with E-state index in [1.165, 1.54) is 29.2 Å². The molecule has 2 aromatic rings. The highest BCUT2D eigenvalue weighted by Crippen LogP contribution is 2.20. The number of aromatic hydroxyl groups is 1. The van der Waals surface area contributed by atoms with Crippen LogP contribution >= 0.6 is 0 Å². The number of nitrogens with two attached hydrogens (primary N) is 2. The molecule has 2 aliphatic rings. The van der Waals surface area contributed by atoms with Gasteiger partial charge in [0.1, 0.15) is 23.9 Å². The number of Topliss-reactive ketones (excluding diaryl/α,β-unsaturated/α-hetero) is 1. The number of hydrogen-bond acceptors (Lipinski definition) is 9. The van der Waals surface area contributed by atoms with Crippen molar-refractivity contribution in [3.63, 3.8) is 0 Å². The molecule has 6 amide bonds. The van der Waals surface area contributed by atoms with Crippen molar-refractivity contribution in [2.24, 2.45) is 16.5 Å². The fraction of sp³-hybridized carbons (Fsp3) is 0.333. The van der Waals surface area contributed by atoms with Crippen LogP contribution in [0.4, 0.5) is 0 Å². The number of nitrogens with one attached hydrogen (secondary N) is 5. The first-order chi connectivity index (χ1) is 25.4. The van der Waals surface area contributed by atoms with E-state index in [4.69, 9.17) is 11.5 Å². The molecule has 0 aromatic heterocycles. The number of fused-ring (bicyclic) bond motifs is 1. The van der Waals surface area contributed by atoms with Crippen LogP contribution in [0.25, 0.3) is 6.08 Å². The Bertz CT molecular complexity index is 1760. The maximum absolute atomic E-state index is 13.9. The molecular formula is C36H43N9O8. The minimum Gasteiger partial charge on any atom is -0.508 e. The van der Waals surface area contributed by atoms with Crippen molar-refractivity contribution in [2.75, 3.05) is 19.6 Å². The van der Waals surface area contributed by atoms with Gasteiger partial charge in [0.25, 0.3) is 5.91 Å². The fourth-order valence-electron chi connectivity index (χ4n) is 5.82. The van der Waals surface area contributed by atoms with Crippen molar-refractivity contribution >= 4 is 53.8 Å². The van der Waals surface area contributed by atoms with Crippen LogP contribution in [0.15, 0.2) is 77.4 Å². The second-order valence-corrected chi connectivity index (χ2v) is 12.4. The maximum Gasteiger partial charge on any atom is 0.290 e. The van der Waals surface area contributed by atoms with E-state index in [1.54, 1.807) is 42.5 Å². The zero-order valence-corrected chi connectivity index (χ0v) is 28.8. The Hall–Kier alpha value is -6.52. The highest BCUT2D eigenvalue weighted by molar-refractivity contribution is 6.38. The molecule has 17 nitrogen and oxygen atoms in total. The first-order valence-electron chi connectivity index (χ1n) is 17.0. The smallest absolute Gasteiger partial charge is 0.290 e. The molecule has 2 heterocycles. The van der Waals surface area contributed by atoms with Gasteiger partial charge < -0.3 is 48.1 Å². The predicted molar refractivity (Wildman–Crippen MR) is 193 cm³/mol. The number of guanidine groups is 1. The first kappa shape index (κ1) is 39.3. The normalized spacial score (nSPS) is 23.2. The van der Waals surface area contributed by atoms with E-state index in [0.29, 0.717) is 24.0 Å². The number of carbonyl (C=O) groups is 7. The second-order valence-electron chi connectivity index (χ2n) is 12.4. The van der Waals surface area contributed by atoms with Crippen molar-refractivity contribution in [2.45, 2.75) is 56.3 Å². The van der Waals surface area contributed by atoms with E-state index in [-0.39, 0.29) is 62.7 Å². The first-order valence-corrected chi connectivity index (χ1v) is 17.0.